The summed E-state index contributed by atoms with van der Waals surface area (Å²) in [5.41, 5.74) is 0. The molecule has 1 rings (SSSR count). The monoisotopic (exact) mass is 332 g/mol. The lowest BCUT2D eigenvalue weighted by Gasteiger charge is -2.40. The second-order valence-electron chi connectivity index (χ2n) is 4.97. The average Bonchev–Trinajstić information content (AvgIpc) is 2.39. The Morgan fingerprint density at radius 1 is 0.826 bits per heavy atom. The highest BCUT2D eigenvalue weighted by Crippen LogP contribution is 2.24. The van der Waals surface area contributed by atoms with Crippen molar-refractivity contribution in [3.63, 3.8) is 0 Å². The third kappa shape index (κ3) is 6.23. The van der Waals surface area contributed by atoms with Crippen LogP contribution in [0.4, 0.5) is 0 Å². The first-order valence-electron chi connectivity index (χ1n) is 6.97. The molecule has 0 saturated carbocycles. The van der Waals surface area contributed by atoms with E-state index in [4.69, 9.17) is 23.7 Å². The summed E-state index contributed by atoms with van der Waals surface area (Å²) < 4.78 is 25.6. The van der Waals surface area contributed by atoms with E-state index in [9.17, 15) is 19.2 Å². The van der Waals surface area contributed by atoms with E-state index < -0.39 is 48.3 Å². The van der Waals surface area contributed by atoms with Crippen LogP contribution in [0.1, 0.15) is 27.7 Å². The molecule has 9 nitrogen and oxygen atoms in total. The van der Waals surface area contributed by atoms with Crippen molar-refractivity contribution >= 4 is 23.9 Å². The summed E-state index contributed by atoms with van der Waals surface area (Å²) in [6.45, 7) is 4.46. The standard InChI is InChI=1S/C14H20O9/c1-7(15)19-5-11-13(22-9(3)17)14(23-10(4)18)12(6-20-11)21-8(2)16/h11-14H,5-6H2,1-4H3/t11?,12?,13-,14-/m1/s1. The van der Waals surface area contributed by atoms with E-state index in [1.807, 2.05) is 0 Å². The molecule has 130 valence electrons. The lowest BCUT2D eigenvalue weighted by molar-refractivity contribution is -0.231. The minimum atomic E-state index is -1.08. The fourth-order valence-corrected chi connectivity index (χ4v) is 2.16. The van der Waals surface area contributed by atoms with Gasteiger partial charge in [-0.2, -0.15) is 0 Å². The highest BCUT2D eigenvalue weighted by Gasteiger charge is 2.47. The van der Waals surface area contributed by atoms with Gasteiger partial charge >= 0.3 is 23.9 Å². The van der Waals surface area contributed by atoms with Crippen molar-refractivity contribution < 1.29 is 42.9 Å². The van der Waals surface area contributed by atoms with Crippen molar-refractivity contribution in [2.75, 3.05) is 13.2 Å². The molecule has 0 aliphatic carbocycles. The molecule has 1 heterocycles. The van der Waals surface area contributed by atoms with Crippen molar-refractivity contribution in [3.8, 4) is 0 Å². The Morgan fingerprint density at radius 2 is 1.35 bits per heavy atom. The molecule has 0 spiro atoms. The molecular formula is C14H20O9. The van der Waals surface area contributed by atoms with Crippen LogP contribution in [-0.2, 0) is 42.9 Å². The first-order valence-corrected chi connectivity index (χ1v) is 6.97. The van der Waals surface area contributed by atoms with Gasteiger partial charge in [0.15, 0.2) is 18.3 Å². The van der Waals surface area contributed by atoms with Gasteiger partial charge in [0.25, 0.3) is 0 Å². The molecule has 1 aliphatic rings. The Labute approximate surface area is 133 Å². The van der Waals surface area contributed by atoms with Crippen molar-refractivity contribution in [2.45, 2.75) is 52.1 Å². The zero-order chi connectivity index (χ0) is 17.6. The van der Waals surface area contributed by atoms with Crippen LogP contribution in [0, 0.1) is 0 Å². The number of carbonyl (C=O) groups excluding carboxylic acids is 4. The van der Waals surface area contributed by atoms with Crippen molar-refractivity contribution in [3.05, 3.63) is 0 Å². The molecule has 1 aliphatic heterocycles. The molecule has 0 aromatic rings. The van der Waals surface area contributed by atoms with Crippen molar-refractivity contribution in [1.82, 2.24) is 0 Å². The number of hydrogen-bond acceptors (Lipinski definition) is 9. The zero-order valence-corrected chi connectivity index (χ0v) is 13.4. The summed E-state index contributed by atoms with van der Waals surface area (Å²) in [5.74, 6) is -2.43. The molecule has 0 N–H and O–H groups in total. The van der Waals surface area contributed by atoms with Gasteiger partial charge in [-0.25, -0.2) is 0 Å². The molecule has 4 atom stereocenters. The predicted octanol–water partition coefficient (Wildman–Crippen LogP) is -0.257. The molecule has 23 heavy (non-hydrogen) atoms. The Balaban J connectivity index is 2.98. The second kappa shape index (κ2) is 8.47. The topological polar surface area (TPSA) is 114 Å². The molecular weight excluding hydrogens is 312 g/mol. The van der Waals surface area contributed by atoms with Crippen LogP contribution in [0.15, 0.2) is 0 Å². The second-order valence-corrected chi connectivity index (χ2v) is 4.97. The van der Waals surface area contributed by atoms with Crippen LogP contribution in [0.3, 0.4) is 0 Å². The smallest absolute Gasteiger partial charge is 0.303 e. The Morgan fingerprint density at radius 3 is 1.83 bits per heavy atom. The van der Waals surface area contributed by atoms with Crippen LogP contribution in [0.5, 0.6) is 0 Å². The number of carbonyl (C=O) groups is 4. The lowest BCUT2D eigenvalue weighted by atomic mass is 9.99. The van der Waals surface area contributed by atoms with Gasteiger partial charge in [0, 0.05) is 27.7 Å². The maximum absolute atomic E-state index is 11.3. The van der Waals surface area contributed by atoms with Crippen LogP contribution < -0.4 is 0 Å². The first kappa shape index (κ1) is 18.9. The van der Waals surface area contributed by atoms with Gasteiger partial charge in [0.2, 0.25) is 0 Å². The van der Waals surface area contributed by atoms with E-state index in [-0.39, 0.29) is 13.2 Å². The molecule has 1 fully saturated rings. The largest absolute Gasteiger partial charge is 0.463 e. The van der Waals surface area contributed by atoms with E-state index in [1.165, 1.54) is 27.7 Å². The van der Waals surface area contributed by atoms with Gasteiger partial charge in [0.05, 0.1) is 6.61 Å². The number of hydrogen-bond donors (Lipinski definition) is 0. The maximum Gasteiger partial charge on any atom is 0.303 e. The summed E-state index contributed by atoms with van der Waals surface area (Å²) >= 11 is 0. The van der Waals surface area contributed by atoms with Gasteiger partial charge in [-0.05, 0) is 0 Å². The molecule has 0 amide bonds. The molecule has 2 unspecified atom stereocenters. The van der Waals surface area contributed by atoms with Crippen LogP contribution in [-0.4, -0.2) is 61.5 Å². The Bertz CT molecular complexity index is 473. The van der Waals surface area contributed by atoms with E-state index in [0.717, 1.165) is 0 Å². The summed E-state index contributed by atoms with van der Waals surface area (Å²) in [7, 11) is 0. The maximum atomic E-state index is 11.3. The fraction of sp³-hybridized carbons (Fsp3) is 0.714. The molecule has 9 heteroatoms. The highest BCUT2D eigenvalue weighted by atomic mass is 16.7. The Hall–Kier alpha value is -2.16. The van der Waals surface area contributed by atoms with Gasteiger partial charge in [0.1, 0.15) is 12.7 Å². The normalized spacial score (nSPS) is 26.8. The van der Waals surface area contributed by atoms with E-state index in [0.29, 0.717) is 0 Å². The number of ether oxygens (including phenoxy) is 5. The Kier molecular flexibility index (Phi) is 6.95. The van der Waals surface area contributed by atoms with E-state index in [1.54, 1.807) is 0 Å². The first-order chi connectivity index (χ1) is 10.7. The van der Waals surface area contributed by atoms with E-state index in [2.05, 4.69) is 0 Å². The van der Waals surface area contributed by atoms with Gasteiger partial charge in [-0.3, -0.25) is 19.2 Å². The molecule has 1 saturated heterocycles. The third-order valence-corrected chi connectivity index (χ3v) is 2.90. The third-order valence-electron chi connectivity index (χ3n) is 2.90. The minimum absolute atomic E-state index is 0.0960. The summed E-state index contributed by atoms with van der Waals surface area (Å²) in [6, 6.07) is 0. The molecule has 0 aromatic carbocycles. The molecule has 0 radical (unpaired) electrons. The lowest BCUT2D eigenvalue weighted by Crippen LogP contribution is -2.58. The van der Waals surface area contributed by atoms with Crippen molar-refractivity contribution in [1.29, 1.82) is 0 Å². The summed E-state index contributed by atoms with van der Waals surface area (Å²) in [4.78, 5) is 44.8. The van der Waals surface area contributed by atoms with Crippen LogP contribution in [0.25, 0.3) is 0 Å². The van der Waals surface area contributed by atoms with Gasteiger partial charge in [-0.15, -0.1) is 0 Å². The highest BCUT2D eigenvalue weighted by molar-refractivity contribution is 5.68. The average molecular weight is 332 g/mol. The number of rotatable bonds is 5. The molecule has 0 aromatic heterocycles. The SMILES string of the molecule is CC(=O)OCC1OCC(OC(C)=O)[C@@H](OC(C)=O)[C@@H]1OC(C)=O. The van der Waals surface area contributed by atoms with Crippen LogP contribution >= 0.6 is 0 Å². The zero-order valence-electron chi connectivity index (χ0n) is 13.4. The summed E-state index contributed by atoms with van der Waals surface area (Å²) in [5, 5.41) is 0. The van der Waals surface area contributed by atoms with Crippen molar-refractivity contribution in [2.24, 2.45) is 0 Å². The quantitative estimate of drug-likeness (QED) is 0.496. The van der Waals surface area contributed by atoms with Gasteiger partial charge in [-0.1, -0.05) is 0 Å². The van der Waals surface area contributed by atoms with Crippen LogP contribution in [0.2, 0.25) is 0 Å². The summed E-state index contributed by atoms with van der Waals surface area (Å²) in [6.07, 6.45) is -3.92. The predicted molar refractivity (Wildman–Crippen MR) is 73.0 cm³/mol. The number of esters is 4. The fourth-order valence-electron chi connectivity index (χ4n) is 2.16. The van der Waals surface area contributed by atoms with E-state index >= 15 is 0 Å². The van der Waals surface area contributed by atoms with Gasteiger partial charge < -0.3 is 23.7 Å². The molecule has 0 bridgehead atoms. The minimum Gasteiger partial charge on any atom is -0.463 e.